The van der Waals surface area contributed by atoms with Crippen LogP contribution in [0.3, 0.4) is 0 Å². The first-order valence-corrected chi connectivity index (χ1v) is 10.2. The average Bonchev–Trinajstić information content (AvgIpc) is 2.74. The van der Waals surface area contributed by atoms with Gasteiger partial charge in [0.2, 0.25) is 5.91 Å². The average molecular weight is 396 g/mol. The SMILES string of the molecule is NC(=O)c1ccccc1C(=O)NCCCOc1cccc(CN2CCCCC2)c1. The van der Waals surface area contributed by atoms with Crippen LogP contribution in [0.5, 0.6) is 5.75 Å². The number of nitrogens with two attached hydrogens (primary N) is 1. The summed E-state index contributed by atoms with van der Waals surface area (Å²) in [5, 5.41) is 2.81. The molecule has 0 radical (unpaired) electrons. The van der Waals surface area contributed by atoms with Crippen LogP contribution in [0.2, 0.25) is 0 Å². The highest BCUT2D eigenvalue weighted by Gasteiger charge is 2.14. The minimum absolute atomic E-state index is 0.228. The Morgan fingerprint density at radius 1 is 1.00 bits per heavy atom. The molecule has 0 unspecified atom stereocenters. The summed E-state index contributed by atoms with van der Waals surface area (Å²) >= 11 is 0. The van der Waals surface area contributed by atoms with Crippen LogP contribution in [-0.4, -0.2) is 43.0 Å². The number of carbonyl (C=O) groups is 2. The molecule has 1 saturated heterocycles. The molecule has 154 valence electrons. The molecule has 0 bridgehead atoms. The van der Waals surface area contributed by atoms with Crippen molar-refractivity contribution in [3.05, 3.63) is 65.2 Å². The van der Waals surface area contributed by atoms with Crippen molar-refractivity contribution in [1.29, 1.82) is 0 Å². The third-order valence-electron chi connectivity index (χ3n) is 5.07. The van der Waals surface area contributed by atoms with Gasteiger partial charge in [-0.2, -0.15) is 0 Å². The van der Waals surface area contributed by atoms with Gasteiger partial charge >= 0.3 is 0 Å². The van der Waals surface area contributed by atoms with Gasteiger partial charge in [0.05, 0.1) is 17.7 Å². The standard InChI is InChI=1S/C23H29N3O3/c24-22(27)20-10-2-3-11-21(20)23(28)25-12-7-15-29-19-9-6-8-18(16-19)17-26-13-4-1-5-14-26/h2-3,6,8-11,16H,1,4-5,7,12-15,17H2,(H2,24,27)(H,25,28). The number of likely N-dealkylation sites (tertiary alicyclic amines) is 1. The molecule has 29 heavy (non-hydrogen) atoms. The van der Waals surface area contributed by atoms with Gasteiger partial charge in [-0.15, -0.1) is 0 Å². The fraction of sp³-hybridized carbons (Fsp3) is 0.391. The number of amides is 2. The highest BCUT2D eigenvalue weighted by Crippen LogP contribution is 2.17. The number of rotatable bonds is 9. The summed E-state index contributed by atoms with van der Waals surface area (Å²) < 4.78 is 5.84. The molecule has 3 rings (SSSR count). The normalized spacial score (nSPS) is 14.3. The van der Waals surface area contributed by atoms with E-state index in [1.807, 2.05) is 12.1 Å². The van der Waals surface area contributed by atoms with Gasteiger partial charge in [0, 0.05) is 13.1 Å². The molecule has 6 nitrogen and oxygen atoms in total. The lowest BCUT2D eigenvalue weighted by atomic mass is 10.1. The van der Waals surface area contributed by atoms with E-state index < -0.39 is 5.91 Å². The van der Waals surface area contributed by atoms with Crippen LogP contribution in [0.25, 0.3) is 0 Å². The molecule has 1 aliphatic heterocycles. The first-order valence-electron chi connectivity index (χ1n) is 10.2. The Bertz CT molecular complexity index is 832. The number of carbonyl (C=O) groups excluding carboxylic acids is 2. The zero-order valence-corrected chi connectivity index (χ0v) is 16.7. The molecular formula is C23H29N3O3. The quantitative estimate of drug-likeness (QED) is 0.639. The zero-order chi connectivity index (χ0) is 20.5. The van der Waals surface area contributed by atoms with Crippen molar-refractivity contribution in [1.82, 2.24) is 10.2 Å². The zero-order valence-electron chi connectivity index (χ0n) is 16.7. The van der Waals surface area contributed by atoms with Crippen LogP contribution in [0.15, 0.2) is 48.5 Å². The minimum atomic E-state index is -0.608. The number of primary amides is 1. The van der Waals surface area contributed by atoms with E-state index in [1.165, 1.54) is 37.9 Å². The van der Waals surface area contributed by atoms with Crippen LogP contribution in [-0.2, 0) is 6.54 Å². The molecule has 1 aliphatic rings. The largest absolute Gasteiger partial charge is 0.494 e. The molecule has 0 aromatic heterocycles. The van der Waals surface area contributed by atoms with Crippen molar-refractivity contribution in [3.8, 4) is 5.75 Å². The van der Waals surface area contributed by atoms with E-state index in [9.17, 15) is 9.59 Å². The van der Waals surface area contributed by atoms with Gasteiger partial charge < -0.3 is 15.8 Å². The maximum atomic E-state index is 12.3. The van der Waals surface area contributed by atoms with Gasteiger partial charge in [0.1, 0.15) is 5.75 Å². The highest BCUT2D eigenvalue weighted by atomic mass is 16.5. The number of nitrogens with one attached hydrogen (secondary N) is 1. The van der Waals surface area contributed by atoms with Crippen LogP contribution in [0, 0.1) is 0 Å². The second kappa shape index (κ2) is 10.6. The summed E-state index contributed by atoms with van der Waals surface area (Å²) in [5.74, 6) is -0.0589. The van der Waals surface area contributed by atoms with Crippen LogP contribution in [0.4, 0.5) is 0 Å². The van der Waals surface area contributed by atoms with Crippen molar-refractivity contribution in [2.24, 2.45) is 5.73 Å². The van der Waals surface area contributed by atoms with E-state index in [2.05, 4.69) is 22.3 Å². The highest BCUT2D eigenvalue weighted by molar-refractivity contribution is 6.06. The second-order valence-corrected chi connectivity index (χ2v) is 7.35. The van der Waals surface area contributed by atoms with E-state index in [4.69, 9.17) is 10.5 Å². The lowest BCUT2D eigenvalue weighted by molar-refractivity contribution is 0.0934. The molecule has 0 atom stereocenters. The van der Waals surface area contributed by atoms with Gasteiger partial charge in [0.15, 0.2) is 0 Å². The maximum Gasteiger partial charge on any atom is 0.252 e. The van der Waals surface area contributed by atoms with Gasteiger partial charge in [-0.1, -0.05) is 30.7 Å². The summed E-state index contributed by atoms with van der Waals surface area (Å²) in [5.41, 5.74) is 7.11. The molecule has 0 saturated carbocycles. The Morgan fingerprint density at radius 2 is 1.76 bits per heavy atom. The molecule has 2 amide bonds. The molecule has 0 aliphatic carbocycles. The van der Waals surface area contributed by atoms with Crippen molar-refractivity contribution in [3.63, 3.8) is 0 Å². The molecule has 2 aromatic carbocycles. The van der Waals surface area contributed by atoms with Gasteiger partial charge in [-0.25, -0.2) is 0 Å². The lowest BCUT2D eigenvalue weighted by Gasteiger charge is -2.26. The summed E-state index contributed by atoms with van der Waals surface area (Å²) in [6, 6.07) is 14.8. The first-order chi connectivity index (χ1) is 14.1. The van der Waals surface area contributed by atoms with Crippen LogP contribution >= 0.6 is 0 Å². The smallest absolute Gasteiger partial charge is 0.252 e. The lowest BCUT2D eigenvalue weighted by Crippen LogP contribution is -2.29. The predicted octanol–water partition coefficient (Wildman–Crippen LogP) is 2.97. The van der Waals surface area contributed by atoms with E-state index >= 15 is 0 Å². The summed E-state index contributed by atoms with van der Waals surface area (Å²) in [4.78, 5) is 26.2. The molecule has 0 spiro atoms. The third-order valence-corrected chi connectivity index (χ3v) is 5.07. The molecule has 2 aromatic rings. The number of ether oxygens (including phenoxy) is 1. The van der Waals surface area contributed by atoms with Crippen molar-refractivity contribution < 1.29 is 14.3 Å². The molecule has 1 fully saturated rings. The topological polar surface area (TPSA) is 84.7 Å². The van der Waals surface area contributed by atoms with E-state index in [1.54, 1.807) is 24.3 Å². The predicted molar refractivity (Wildman–Crippen MR) is 113 cm³/mol. The minimum Gasteiger partial charge on any atom is -0.494 e. The van der Waals surface area contributed by atoms with Crippen molar-refractivity contribution >= 4 is 11.8 Å². The Hall–Kier alpha value is -2.86. The Labute approximate surface area is 172 Å². The van der Waals surface area contributed by atoms with E-state index in [0.717, 1.165) is 12.3 Å². The van der Waals surface area contributed by atoms with Gasteiger partial charge in [-0.05, 0) is 62.2 Å². The van der Waals surface area contributed by atoms with Crippen molar-refractivity contribution in [2.75, 3.05) is 26.2 Å². The number of hydrogen-bond donors (Lipinski definition) is 2. The number of piperidine rings is 1. The van der Waals surface area contributed by atoms with E-state index in [0.29, 0.717) is 25.1 Å². The second-order valence-electron chi connectivity index (χ2n) is 7.35. The monoisotopic (exact) mass is 395 g/mol. The summed E-state index contributed by atoms with van der Waals surface area (Å²) in [6.07, 6.45) is 4.57. The Kier molecular flexibility index (Phi) is 7.64. The van der Waals surface area contributed by atoms with Crippen LogP contribution < -0.4 is 15.8 Å². The van der Waals surface area contributed by atoms with Gasteiger partial charge in [-0.3, -0.25) is 14.5 Å². The number of hydrogen-bond acceptors (Lipinski definition) is 4. The molecular weight excluding hydrogens is 366 g/mol. The van der Waals surface area contributed by atoms with Gasteiger partial charge in [0.25, 0.3) is 5.91 Å². The van der Waals surface area contributed by atoms with Crippen molar-refractivity contribution in [2.45, 2.75) is 32.2 Å². The van der Waals surface area contributed by atoms with Crippen LogP contribution in [0.1, 0.15) is 52.0 Å². The third kappa shape index (κ3) is 6.32. The van der Waals surface area contributed by atoms with E-state index in [-0.39, 0.29) is 11.5 Å². The number of benzene rings is 2. The molecule has 1 heterocycles. The Balaban J connectivity index is 1.41. The number of nitrogens with zero attached hydrogens (tertiary/aromatic N) is 1. The summed E-state index contributed by atoms with van der Waals surface area (Å²) in [6.45, 7) is 4.27. The summed E-state index contributed by atoms with van der Waals surface area (Å²) in [7, 11) is 0. The maximum absolute atomic E-state index is 12.3. The molecule has 3 N–H and O–H groups in total. The Morgan fingerprint density at radius 3 is 2.52 bits per heavy atom. The fourth-order valence-corrected chi connectivity index (χ4v) is 3.56. The first kappa shape index (κ1) is 20.9. The molecule has 6 heteroatoms. The fourth-order valence-electron chi connectivity index (χ4n) is 3.56.